The Morgan fingerprint density at radius 2 is 1.18 bits per heavy atom. The standard InChI is InChI=1S/C13H14N2O5S2/c1-20-11-7-9-13(10-8-11)22(18,19)15-14-21(16,17)12-5-3-2-4-6-12/h2-10,14-15H,1H3. The summed E-state index contributed by atoms with van der Waals surface area (Å²) in [6.45, 7) is 0. The van der Waals surface area contributed by atoms with E-state index in [0.29, 0.717) is 5.75 Å². The van der Waals surface area contributed by atoms with E-state index in [4.69, 9.17) is 4.74 Å². The van der Waals surface area contributed by atoms with Crippen molar-refractivity contribution in [3.8, 4) is 5.75 Å². The summed E-state index contributed by atoms with van der Waals surface area (Å²) < 4.78 is 52.9. The summed E-state index contributed by atoms with van der Waals surface area (Å²) in [6.07, 6.45) is 0. The van der Waals surface area contributed by atoms with Crippen LogP contribution in [-0.4, -0.2) is 23.9 Å². The molecule has 0 amide bonds. The molecule has 9 heteroatoms. The monoisotopic (exact) mass is 342 g/mol. The Balaban J connectivity index is 2.15. The van der Waals surface area contributed by atoms with Gasteiger partial charge in [0.25, 0.3) is 20.0 Å². The van der Waals surface area contributed by atoms with Crippen molar-refractivity contribution in [2.24, 2.45) is 0 Å². The second-order valence-electron chi connectivity index (χ2n) is 4.20. The molecule has 0 spiro atoms. The van der Waals surface area contributed by atoms with Gasteiger partial charge in [0.2, 0.25) is 0 Å². The van der Waals surface area contributed by atoms with Crippen LogP contribution < -0.4 is 14.4 Å². The summed E-state index contributed by atoms with van der Waals surface area (Å²) in [5, 5.41) is 0. The van der Waals surface area contributed by atoms with Crippen LogP contribution >= 0.6 is 0 Å². The molecule has 0 heterocycles. The van der Waals surface area contributed by atoms with E-state index in [1.807, 2.05) is 9.66 Å². The first-order valence-electron chi connectivity index (χ1n) is 6.08. The molecule has 0 atom stereocenters. The van der Waals surface area contributed by atoms with Crippen LogP contribution in [0.1, 0.15) is 0 Å². The van der Waals surface area contributed by atoms with Crippen LogP contribution in [0.3, 0.4) is 0 Å². The Kier molecular flexibility index (Phi) is 4.81. The van der Waals surface area contributed by atoms with Crippen LogP contribution in [0.5, 0.6) is 5.75 Å². The molecular formula is C13H14N2O5S2. The highest BCUT2D eigenvalue weighted by atomic mass is 32.2. The summed E-state index contributed by atoms with van der Waals surface area (Å²) in [4.78, 5) is 3.55. The minimum Gasteiger partial charge on any atom is -0.497 e. The van der Waals surface area contributed by atoms with Gasteiger partial charge >= 0.3 is 0 Å². The SMILES string of the molecule is COc1ccc(S(=O)(=O)NNS(=O)(=O)c2ccccc2)cc1. The third kappa shape index (κ3) is 3.83. The lowest BCUT2D eigenvalue weighted by atomic mass is 10.3. The minimum absolute atomic E-state index is 0.0487. The van der Waals surface area contributed by atoms with E-state index in [0.717, 1.165) is 0 Å². The first-order chi connectivity index (χ1) is 10.3. The number of ether oxygens (including phenoxy) is 1. The van der Waals surface area contributed by atoms with Crippen molar-refractivity contribution in [2.45, 2.75) is 9.79 Å². The van der Waals surface area contributed by atoms with Crippen LogP contribution in [0.2, 0.25) is 0 Å². The van der Waals surface area contributed by atoms with Crippen LogP contribution in [0.25, 0.3) is 0 Å². The highest BCUT2D eigenvalue weighted by Gasteiger charge is 2.19. The van der Waals surface area contributed by atoms with Gasteiger partial charge in [0.05, 0.1) is 16.9 Å². The highest BCUT2D eigenvalue weighted by molar-refractivity contribution is 7.92. The molecule has 0 bridgehead atoms. The molecule has 0 saturated carbocycles. The molecule has 0 saturated heterocycles. The van der Waals surface area contributed by atoms with Gasteiger partial charge < -0.3 is 4.74 Å². The Hall–Kier alpha value is -1.94. The molecule has 0 aliphatic heterocycles. The zero-order chi connectivity index (χ0) is 16.2. The van der Waals surface area contributed by atoms with E-state index in [1.54, 1.807) is 6.07 Å². The third-order valence-electron chi connectivity index (χ3n) is 2.73. The molecule has 0 aliphatic rings. The highest BCUT2D eigenvalue weighted by Crippen LogP contribution is 2.15. The Bertz CT molecular complexity index is 832. The zero-order valence-corrected chi connectivity index (χ0v) is 13.2. The Morgan fingerprint density at radius 3 is 1.64 bits per heavy atom. The van der Waals surface area contributed by atoms with E-state index in [1.165, 1.54) is 55.6 Å². The second-order valence-corrected chi connectivity index (χ2v) is 7.56. The maximum Gasteiger partial charge on any atom is 0.254 e. The summed E-state index contributed by atoms with van der Waals surface area (Å²) in [5.74, 6) is 0.490. The molecule has 2 aromatic carbocycles. The minimum atomic E-state index is -4.02. The fraction of sp³-hybridized carbons (Fsp3) is 0.0769. The normalized spacial score (nSPS) is 12.0. The molecule has 22 heavy (non-hydrogen) atoms. The van der Waals surface area contributed by atoms with Crippen molar-refractivity contribution in [2.75, 3.05) is 7.11 Å². The quantitative estimate of drug-likeness (QED) is 0.759. The largest absolute Gasteiger partial charge is 0.497 e. The third-order valence-corrected chi connectivity index (χ3v) is 5.39. The molecule has 0 aromatic heterocycles. The van der Waals surface area contributed by atoms with Crippen LogP contribution in [0.15, 0.2) is 64.4 Å². The number of hydrogen-bond donors (Lipinski definition) is 2. The predicted molar refractivity (Wildman–Crippen MR) is 80.1 cm³/mol. The zero-order valence-electron chi connectivity index (χ0n) is 11.6. The van der Waals surface area contributed by atoms with Gasteiger partial charge in [0, 0.05) is 0 Å². The van der Waals surface area contributed by atoms with Gasteiger partial charge in [-0.1, -0.05) is 18.2 Å². The molecule has 7 nitrogen and oxygen atoms in total. The maximum atomic E-state index is 12.0. The van der Waals surface area contributed by atoms with Crippen molar-refractivity contribution >= 4 is 20.0 Å². The second kappa shape index (κ2) is 6.44. The molecule has 2 aromatic rings. The number of hydrogen-bond acceptors (Lipinski definition) is 5. The molecule has 2 N–H and O–H groups in total. The number of rotatable bonds is 6. The Morgan fingerprint density at radius 1 is 0.727 bits per heavy atom. The van der Waals surface area contributed by atoms with Crippen molar-refractivity contribution < 1.29 is 21.6 Å². The van der Waals surface area contributed by atoms with Gasteiger partial charge in [-0.2, -0.15) is 0 Å². The van der Waals surface area contributed by atoms with Gasteiger partial charge in [-0.05, 0) is 36.4 Å². The number of sulfonamides is 2. The molecule has 0 unspecified atom stereocenters. The van der Waals surface area contributed by atoms with E-state index in [2.05, 4.69) is 0 Å². The smallest absolute Gasteiger partial charge is 0.254 e. The molecule has 2 rings (SSSR count). The summed E-state index contributed by atoms with van der Waals surface area (Å²) >= 11 is 0. The summed E-state index contributed by atoms with van der Waals surface area (Å²) in [6, 6.07) is 12.9. The fourth-order valence-electron chi connectivity index (χ4n) is 1.58. The lowest BCUT2D eigenvalue weighted by Crippen LogP contribution is -2.41. The molecular weight excluding hydrogens is 328 g/mol. The van der Waals surface area contributed by atoms with Crippen molar-refractivity contribution in [3.05, 3.63) is 54.6 Å². The molecule has 0 radical (unpaired) electrons. The van der Waals surface area contributed by atoms with E-state index >= 15 is 0 Å². The van der Waals surface area contributed by atoms with Gasteiger partial charge in [0.1, 0.15) is 5.75 Å². The van der Waals surface area contributed by atoms with Gasteiger partial charge in [-0.3, -0.25) is 0 Å². The molecule has 118 valence electrons. The number of benzene rings is 2. The van der Waals surface area contributed by atoms with E-state index in [-0.39, 0.29) is 9.79 Å². The predicted octanol–water partition coefficient (Wildman–Crippen LogP) is 0.867. The Labute approximate surface area is 129 Å². The van der Waals surface area contributed by atoms with Crippen molar-refractivity contribution in [3.63, 3.8) is 0 Å². The van der Waals surface area contributed by atoms with Gasteiger partial charge in [-0.15, -0.1) is 9.66 Å². The fourth-order valence-corrected chi connectivity index (χ4v) is 3.71. The molecule has 0 fully saturated rings. The van der Waals surface area contributed by atoms with Crippen LogP contribution in [-0.2, 0) is 20.0 Å². The lowest BCUT2D eigenvalue weighted by molar-refractivity contribution is 0.414. The van der Waals surface area contributed by atoms with Crippen LogP contribution in [0, 0.1) is 0 Å². The topological polar surface area (TPSA) is 102 Å². The van der Waals surface area contributed by atoms with E-state index < -0.39 is 20.0 Å². The average Bonchev–Trinajstić information content (AvgIpc) is 2.54. The molecule has 0 aliphatic carbocycles. The number of methoxy groups -OCH3 is 1. The van der Waals surface area contributed by atoms with Crippen LogP contribution in [0.4, 0.5) is 0 Å². The number of hydrazine groups is 1. The maximum absolute atomic E-state index is 12.0. The first kappa shape index (κ1) is 16.4. The average molecular weight is 342 g/mol. The van der Waals surface area contributed by atoms with Crippen molar-refractivity contribution in [1.82, 2.24) is 9.66 Å². The lowest BCUT2D eigenvalue weighted by Gasteiger charge is -2.09. The van der Waals surface area contributed by atoms with Gasteiger partial charge in [0.15, 0.2) is 0 Å². The summed E-state index contributed by atoms with van der Waals surface area (Å²) in [7, 11) is -6.55. The number of nitrogens with one attached hydrogen (secondary N) is 2. The summed E-state index contributed by atoms with van der Waals surface area (Å²) in [5.41, 5.74) is 0. The van der Waals surface area contributed by atoms with Gasteiger partial charge in [-0.25, -0.2) is 16.8 Å². The first-order valence-corrected chi connectivity index (χ1v) is 9.04. The van der Waals surface area contributed by atoms with E-state index in [9.17, 15) is 16.8 Å². The van der Waals surface area contributed by atoms with Crippen molar-refractivity contribution in [1.29, 1.82) is 0 Å².